The summed E-state index contributed by atoms with van der Waals surface area (Å²) in [6, 6.07) is 0. The Kier molecular flexibility index (Phi) is 2.53. The Bertz CT molecular complexity index is 428. The molecule has 1 fully saturated rings. The predicted octanol–water partition coefficient (Wildman–Crippen LogP) is 0.551. The lowest BCUT2D eigenvalue weighted by Gasteiger charge is -2.18. The van der Waals surface area contributed by atoms with E-state index in [4.69, 9.17) is 0 Å². The zero-order chi connectivity index (χ0) is 11.5. The molecule has 2 aromatic rings. The van der Waals surface area contributed by atoms with E-state index in [0.717, 1.165) is 31.4 Å². The van der Waals surface area contributed by atoms with Crippen LogP contribution in [0.1, 0.15) is 0 Å². The lowest BCUT2D eigenvalue weighted by Crippen LogP contribution is -2.26. The van der Waals surface area contributed by atoms with E-state index in [9.17, 15) is 0 Å². The highest BCUT2D eigenvalue weighted by molar-refractivity contribution is 5.45. The van der Waals surface area contributed by atoms with E-state index in [0.29, 0.717) is 0 Å². The van der Waals surface area contributed by atoms with Gasteiger partial charge in [-0.2, -0.15) is 0 Å². The van der Waals surface area contributed by atoms with Gasteiger partial charge in [0, 0.05) is 37.9 Å². The molecule has 0 spiro atoms. The number of rotatable bonds is 2. The minimum Gasteiger partial charge on any atom is -0.336 e. The highest BCUT2D eigenvalue weighted by atomic mass is 15.4. The zero-order valence-corrected chi connectivity index (χ0v) is 9.27. The van der Waals surface area contributed by atoms with Gasteiger partial charge in [0.1, 0.15) is 11.6 Å². The van der Waals surface area contributed by atoms with E-state index < -0.39 is 0 Å². The largest absolute Gasteiger partial charge is 0.336 e. The summed E-state index contributed by atoms with van der Waals surface area (Å²) in [4.78, 5) is 21.1. The molecule has 3 heterocycles. The third-order valence-electron chi connectivity index (χ3n) is 2.73. The van der Waals surface area contributed by atoms with Crippen molar-refractivity contribution in [2.75, 3.05) is 29.6 Å². The first-order valence-electron chi connectivity index (χ1n) is 5.45. The van der Waals surface area contributed by atoms with E-state index >= 15 is 0 Å². The van der Waals surface area contributed by atoms with Gasteiger partial charge < -0.3 is 9.80 Å². The molecule has 2 aromatic heterocycles. The van der Waals surface area contributed by atoms with Gasteiger partial charge in [-0.15, -0.1) is 0 Å². The average Bonchev–Trinajstić information content (AvgIpc) is 2.90. The number of aromatic nitrogens is 4. The van der Waals surface area contributed by atoms with Gasteiger partial charge in [0.2, 0.25) is 0 Å². The molecule has 3 rings (SSSR count). The fourth-order valence-corrected chi connectivity index (χ4v) is 1.87. The number of hydrogen-bond acceptors (Lipinski definition) is 6. The van der Waals surface area contributed by atoms with Gasteiger partial charge in [-0.25, -0.2) is 9.97 Å². The van der Waals surface area contributed by atoms with Crippen molar-refractivity contribution in [2.24, 2.45) is 0 Å². The SMILES string of the molecule is c1cnc(N2CCN(c3cnccn3)C2)cn1. The van der Waals surface area contributed by atoms with Crippen molar-refractivity contribution in [3.05, 3.63) is 37.2 Å². The third kappa shape index (κ3) is 2.01. The van der Waals surface area contributed by atoms with Crippen LogP contribution in [0.25, 0.3) is 0 Å². The highest BCUT2D eigenvalue weighted by Gasteiger charge is 2.21. The van der Waals surface area contributed by atoms with E-state index in [1.54, 1.807) is 37.2 Å². The van der Waals surface area contributed by atoms with Gasteiger partial charge in [0.05, 0.1) is 19.1 Å². The fraction of sp³-hybridized carbons (Fsp3) is 0.273. The molecule has 86 valence electrons. The molecule has 1 aliphatic heterocycles. The van der Waals surface area contributed by atoms with Crippen molar-refractivity contribution < 1.29 is 0 Å². The topological polar surface area (TPSA) is 58.0 Å². The standard InChI is InChI=1S/C11H12N6/c1-3-14-10(7-12-1)16-5-6-17(9-16)11-8-13-2-4-15-11/h1-4,7-8H,5-6,9H2. The van der Waals surface area contributed by atoms with Crippen molar-refractivity contribution in [2.45, 2.75) is 0 Å². The molecule has 6 nitrogen and oxygen atoms in total. The molecule has 0 bridgehead atoms. The summed E-state index contributed by atoms with van der Waals surface area (Å²) in [5.41, 5.74) is 0. The van der Waals surface area contributed by atoms with Crippen LogP contribution >= 0.6 is 0 Å². The minimum atomic E-state index is 0.775. The van der Waals surface area contributed by atoms with Gasteiger partial charge in [-0.3, -0.25) is 9.97 Å². The molecule has 0 aliphatic carbocycles. The van der Waals surface area contributed by atoms with E-state index in [1.165, 1.54) is 0 Å². The molecular weight excluding hydrogens is 216 g/mol. The molecule has 0 N–H and O–H groups in total. The van der Waals surface area contributed by atoms with Crippen molar-refractivity contribution in [3.63, 3.8) is 0 Å². The second-order valence-corrected chi connectivity index (χ2v) is 3.80. The van der Waals surface area contributed by atoms with Gasteiger partial charge >= 0.3 is 0 Å². The van der Waals surface area contributed by atoms with E-state index in [-0.39, 0.29) is 0 Å². The van der Waals surface area contributed by atoms with Crippen LogP contribution in [0.15, 0.2) is 37.2 Å². The Labute approximate surface area is 99.0 Å². The van der Waals surface area contributed by atoms with E-state index in [1.807, 2.05) is 0 Å². The maximum absolute atomic E-state index is 4.29. The number of anilines is 2. The lowest BCUT2D eigenvalue weighted by atomic mass is 10.5. The Morgan fingerprint density at radius 3 is 1.71 bits per heavy atom. The zero-order valence-electron chi connectivity index (χ0n) is 9.27. The summed E-state index contributed by atoms with van der Waals surface area (Å²) in [6.07, 6.45) is 10.3. The van der Waals surface area contributed by atoms with Crippen LogP contribution in [-0.4, -0.2) is 39.7 Å². The van der Waals surface area contributed by atoms with Crippen LogP contribution in [0.4, 0.5) is 11.6 Å². The van der Waals surface area contributed by atoms with Crippen LogP contribution in [-0.2, 0) is 0 Å². The van der Waals surface area contributed by atoms with Crippen molar-refractivity contribution in [3.8, 4) is 0 Å². The quantitative estimate of drug-likeness (QED) is 0.748. The van der Waals surface area contributed by atoms with Crippen molar-refractivity contribution in [1.82, 2.24) is 19.9 Å². The first kappa shape index (κ1) is 9.95. The predicted molar refractivity (Wildman–Crippen MR) is 63.6 cm³/mol. The van der Waals surface area contributed by atoms with Gasteiger partial charge in [0.25, 0.3) is 0 Å². The van der Waals surface area contributed by atoms with Crippen molar-refractivity contribution in [1.29, 1.82) is 0 Å². The molecule has 1 aliphatic rings. The maximum Gasteiger partial charge on any atom is 0.148 e. The molecule has 0 atom stereocenters. The van der Waals surface area contributed by atoms with Gasteiger partial charge in [0.15, 0.2) is 0 Å². The van der Waals surface area contributed by atoms with E-state index in [2.05, 4.69) is 29.7 Å². The number of nitrogens with zero attached hydrogens (tertiary/aromatic N) is 6. The van der Waals surface area contributed by atoms with Gasteiger partial charge in [-0.05, 0) is 0 Å². The Morgan fingerprint density at radius 1 is 0.765 bits per heavy atom. The molecule has 1 saturated heterocycles. The summed E-state index contributed by atoms with van der Waals surface area (Å²) < 4.78 is 0. The van der Waals surface area contributed by atoms with Crippen LogP contribution in [0.2, 0.25) is 0 Å². The summed E-state index contributed by atoms with van der Waals surface area (Å²) in [6.45, 7) is 2.63. The Hall–Kier alpha value is -2.24. The van der Waals surface area contributed by atoms with Crippen LogP contribution in [0, 0.1) is 0 Å². The molecule has 0 saturated carbocycles. The fourth-order valence-electron chi connectivity index (χ4n) is 1.87. The van der Waals surface area contributed by atoms with Crippen molar-refractivity contribution >= 4 is 11.6 Å². The van der Waals surface area contributed by atoms with Crippen LogP contribution in [0.3, 0.4) is 0 Å². The smallest absolute Gasteiger partial charge is 0.148 e. The Morgan fingerprint density at radius 2 is 1.29 bits per heavy atom. The summed E-state index contributed by atoms with van der Waals surface area (Å²) in [5.74, 6) is 1.80. The molecule has 17 heavy (non-hydrogen) atoms. The normalized spacial score (nSPS) is 15.3. The molecule has 0 radical (unpaired) electrons. The Balaban J connectivity index is 1.75. The highest BCUT2D eigenvalue weighted by Crippen LogP contribution is 2.18. The first-order valence-corrected chi connectivity index (χ1v) is 5.45. The number of hydrogen-bond donors (Lipinski definition) is 0. The third-order valence-corrected chi connectivity index (χ3v) is 2.73. The lowest BCUT2D eigenvalue weighted by molar-refractivity contribution is 0.901. The van der Waals surface area contributed by atoms with Crippen LogP contribution in [0.5, 0.6) is 0 Å². The van der Waals surface area contributed by atoms with Crippen LogP contribution < -0.4 is 9.80 Å². The molecular formula is C11H12N6. The average molecular weight is 228 g/mol. The minimum absolute atomic E-state index is 0.775. The summed E-state index contributed by atoms with van der Waals surface area (Å²) in [5, 5.41) is 0. The monoisotopic (exact) mass is 228 g/mol. The molecule has 0 aromatic carbocycles. The summed E-state index contributed by atoms with van der Waals surface area (Å²) >= 11 is 0. The molecule has 0 unspecified atom stereocenters. The second-order valence-electron chi connectivity index (χ2n) is 3.80. The molecule has 0 amide bonds. The second kappa shape index (κ2) is 4.32. The van der Waals surface area contributed by atoms with Gasteiger partial charge in [-0.1, -0.05) is 0 Å². The molecule has 6 heteroatoms. The first-order chi connectivity index (χ1) is 8.43. The maximum atomic E-state index is 4.29. The summed E-state index contributed by atoms with van der Waals surface area (Å²) in [7, 11) is 0.